The maximum atomic E-state index is 13.2. The van der Waals surface area contributed by atoms with Crippen LogP contribution in [0.1, 0.15) is 59.9 Å². The van der Waals surface area contributed by atoms with E-state index in [-0.39, 0.29) is 35.6 Å². The summed E-state index contributed by atoms with van der Waals surface area (Å²) in [6, 6.07) is 10.4. The fourth-order valence-corrected chi connectivity index (χ4v) is 4.49. The van der Waals surface area contributed by atoms with Gasteiger partial charge in [-0.2, -0.15) is 0 Å². The summed E-state index contributed by atoms with van der Waals surface area (Å²) >= 11 is 0. The Kier molecular flexibility index (Phi) is 6.08. The topological polar surface area (TPSA) is 135 Å². The predicted octanol–water partition coefficient (Wildman–Crippen LogP) is 4.13. The Balaban J connectivity index is 1.55. The molecule has 34 heavy (non-hydrogen) atoms. The van der Waals surface area contributed by atoms with Crippen LogP contribution in [0.25, 0.3) is 10.9 Å². The number of nitrogens with zero attached hydrogens (tertiary/aromatic N) is 1. The van der Waals surface area contributed by atoms with Gasteiger partial charge in [-0.15, -0.1) is 0 Å². The third kappa shape index (κ3) is 4.23. The first-order valence-corrected chi connectivity index (χ1v) is 11.3. The molecule has 0 saturated heterocycles. The van der Waals surface area contributed by atoms with Crippen LogP contribution in [0, 0.1) is 12.3 Å². The smallest absolute Gasteiger partial charge is 0.339 e. The Labute approximate surface area is 197 Å². The third-order valence-corrected chi connectivity index (χ3v) is 6.40. The highest BCUT2D eigenvalue weighted by Gasteiger charge is 2.33. The van der Waals surface area contributed by atoms with E-state index in [1.807, 2.05) is 6.07 Å². The lowest BCUT2D eigenvalue weighted by atomic mass is 9.85. The summed E-state index contributed by atoms with van der Waals surface area (Å²) in [6.07, 6.45) is 2.46. The number of ether oxygens (including phenoxy) is 1. The van der Waals surface area contributed by atoms with Gasteiger partial charge >= 0.3 is 5.97 Å². The zero-order chi connectivity index (χ0) is 24.6. The molecule has 1 aromatic heterocycles. The number of phenolic OH excluding ortho intramolecular Hbond substituents is 1. The highest BCUT2D eigenvalue weighted by Crippen LogP contribution is 2.36. The Morgan fingerprint density at radius 1 is 1.24 bits per heavy atom. The highest BCUT2D eigenvalue weighted by molar-refractivity contribution is 6.06. The van der Waals surface area contributed by atoms with Crippen molar-refractivity contribution < 1.29 is 24.5 Å². The SMILES string of the molecule is Cc1nc2cccc(OCC(C)(C)C(=O)NC3CCCc4c(O)cccc43)c2c(N)c1C(=O)O. The van der Waals surface area contributed by atoms with Crippen LogP contribution >= 0.6 is 0 Å². The van der Waals surface area contributed by atoms with Crippen LogP contribution in [-0.4, -0.2) is 33.7 Å². The number of aromatic hydroxyl groups is 1. The molecule has 0 saturated carbocycles. The average Bonchev–Trinajstić information content (AvgIpc) is 2.78. The summed E-state index contributed by atoms with van der Waals surface area (Å²) in [6.45, 7) is 5.22. The number of phenols is 1. The van der Waals surface area contributed by atoms with Gasteiger partial charge in [-0.3, -0.25) is 9.78 Å². The van der Waals surface area contributed by atoms with Crippen molar-refractivity contribution in [3.05, 3.63) is 58.8 Å². The van der Waals surface area contributed by atoms with Gasteiger partial charge in [0.2, 0.25) is 5.91 Å². The zero-order valence-electron chi connectivity index (χ0n) is 19.5. The first-order valence-electron chi connectivity index (χ1n) is 11.3. The number of aromatic nitrogens is 1. The van der Waals surface area contributed by atoms with Crippen molar-refractivity contribution in [1.29, 1.82) is 0 Å². The van der Waals surface area contributed by atoms with E-state index >= 15 is 0 Å². The Bertz CT molecular complexity index is 1290. The molecule has 178 valence electrons. The summed E-state index contributed by atoms with van der Waals surface area (Å²) in [5.41, 5.74) is 8.03. The summed E-state index contributed by atoms with van der Waals surface area (Å²) in [7, 11) is 0. The fraction of sp³-hybridized carbons (Fsp3) is 0.346. The summed E-state index contributed by atoms with van der Waals surface area (Å²) in [5.74, 6) is -0.698. The molecule has 1 heterocycles. The van der Waals surface area contributed by atoms with Gasteiger partial charge in [-0.25, -0.2) is 4.79 Å². The molecule has 0 spiro atoms. The molecule has 1 aliphatic rings. The number of nitrogens with two attached hydrogens (primary N) is 1. The number of carbonyl (C=O) groups excluding carboxylic acids is 1. The van der Waals surface area contributed by atoms with E-state index in [0.29, 0.717) is 22.3 Å². The van der Waals surface area contributed by atoms with E-state index in [0.717, 1.165) is 30.4 Å². The number of hydrogen-bond acceptors (Lipinski definition) is 6. The number of anilines is 1. The number of carboxylic acid groups (broad SMARTS) is 1. The molecule has 3 aromatic rings. The van der Waals surface area contributed by atoms with E-state index in [9.17, 15) is 19.8 Å². The standard InChI is InChI=1S/C26H29N3O5/c1-14-21(24(31)32)23(27)22-18(28-14)10-6-12-20(22)34-13-26(2,3)25(33)29-17-9-4-8-16-15(17)7-5-11-19(16)30/h5-7,10-12,17,30H,4,8-9,13H2,1-3H3,(H2,27,28)(H,29,33)(H,31,32). The van der Waals surface area contributed by atoms with Crippen LogP contribution in [0.2, 0.25) is 0 Å². The van der Waals surface area contributed by atoms with Gasteiger partial charge in [-0.05, 0) is 69.4 Å². The van der Waals surface area contributed by atoms with E-state index in [1.165, 1.54) is 0 Å². The number of hydrogen-bond donors (Lipinski definition) is 4. The number of amides is 1. The average molecular weight is 464 g/mol. The summed E-state index contributed by atoms with van der Waals surface area (Å²) < 4.78 is 6.02. The van der Waals surface area contributed by atoms with E-state index < -0.39 is 11.4 Å². The van der Waals surface area contributed by atoms with Crippen LogP contribution in [0.5, 0.6) is 11.5 Å². The van der Waals surface area contributed by atoms with E-state index in [1.54, 1.807) is 51.1 Å². The van der Waals surface area contributed by atoms with Crippen molar-refractivity contribution in [1.82, 2.24) is 10.3 Å². The van der Waals surface area contributed by atoms with Crippen LogP contribution in [0.15, 0.2) is 36.4 Å². The van der Waals surface area contributed by atoms with Crippen LogP contribution in [-0.2, 0) is 11.2 Å². The second-order valence-electron chi connectivity index (χ2n) is 9.38. The van der Waals surface area contributed by atoms with E-state index in [2.05, 4.69) is 10.3 Å². The number of aryl methyl sites for hydroxylation is 1. The van der Waals surface area contributed by atoms with Crippen LogP contribution < -0.4 is 15.8 Å². The number of fused-ring (bicyclic) bond motifs is 2. The van der Waals surface area contributed by atoms with Crippen LogP contribution in [0.4, 0.5) is 5.69 Å². The van der Waals surface area contributed by atoms with Crippen molar-refractivity contribution in [2.45, 2.75) is 46.1 Å². The Morgan fingerprint density at radius 2 is 1.97 bits per heavy atom. The predicted molar refractivity (Wildman–Crippen MR) is 129 cm³/mol. The normalized spacial score (nSPS) is 15.6. The zero-order valence-corrected chi connectivity index (χ0v) is 19.5. The van der Waals surface area contributed by atoms with Crippen molar-refractivity contribution in [2.75, 3.05) is 12.3 Å². The number of pyridine rings is 1. The number of carbonyl (C=O) groups is 2. The molecule has 1 unspecified atom stereocenters. The lowest BCUT2D eigenvalue weighted by molar-refractivity contribution is -0.131. The molecule has 1 atom stereocenters. The highest BCUT2D eigenvalue weighted by atomic mass is 16.5. The molecule has 0 fully saturated rings. The van der Waals surface area contributed by atoms with Crippen LogP contribution in [0.3, 0.4) is 0 Å². The van der Waals surface area contributed by atoms with Gasteiger partial charge in [-0.1, -0.05) is 18.2 Å². The molecule has 0 radical (unpaired) electrons. The second-order valence-corrected chi connectivity index (χ2v) is 9.38. The van der Waals surface area contributed by atoms with E-state index in [4.69, 9.17) is 10.5 Å². The number of nitrogens with one attached hydrogen (secondary N) is 1. The molecule has 1 amide bonds. The summed E-state index contributed by atoms with van der Waals surface area (Å²) in [5, 5.41) is 23.2. The lowest BCUT2D eigenvalue weighted by Crippen LogP contribution is -2.43. The molecule has 2 aromatic carbocycles. The van der Waals surface area contributed by atoms with Crippen molar-refractivity contribution in [3.8, 4) is 11.5 Å². The number of benzene rings is 2. The molecule has 1 aliphatic carbocycles. The number of rotatable bonds is 6. The molecule has 0 aliphatic heterocycles. The van der Waals surface area contributed by atoms with Gasteiger partial charge < -0.3 is 26.0 Å². The van der Waals surface area contributed by atoms with Gasteiger partial charge in [0.1, 0.15) is 23.7 Å². The molecule has 8 heteroatoms. The minimum absolute atomic E-state index is 0.0489. The Morgan fingerprint density at radius 3 is 2.71 bits per heavy atom. The number of carboxylic acids is 1. The maximum absolute atomic E-state index is 13.2. The van der Waals surface area contributed by atoms with Crippen molar-refractivity contribution in [2.24, 2.45) is 5.41 Å². The van der Waals surface area contributed by atoms with Crippen molar-refractivity contribution >= 4 is 28.5 Å². The molecule has 5 N–H and O–H groups in total. The molecule has 0 bridgehead atoms. The molecule has 4 rings (SSSR count). The quantitative estimate of drug-likeness (QED) is 0.432. The Hall–Kier alpha value is -3.81. The minimum Gasteiger partial charge on any atom is -0.508 e. The monoisotopic (exact) mass is 463 g/mol. The third-order valence-electron chi connectivity index (χ3n) is 6.40. The number of aromatic carboxylic acids is 1. The number of nitrogen functional groups attached to an aromatic ring is 1. The van der Waals surface area contributed by atoms with Gasteiger partial charge in [0.05, 0.1) is 33.7 Å². The molecular formula is C26H29N3O5. The van der Waals surface area contributed by atoms with Gasteiger partial charge in [0, 0.05) is 0 Å². The first-order chi connectivity index (χ1) is 16.1. The van der Waals surface area contributed by atoms with Crippen molar-refractivity contribution in [3.63, 3.8) is 0 Å². The molecular weight excluding hydrogens is 434 g/mol. The largest absolute Gasteiger partial charge is 0.508 e. The first kappa shape index (κ1) is 23.4. The molecule has 8 nitrogen and oxygen atoms in total. The maximum Gasteiger partial charge on any atom is 0.339 e. The fourth-order valence-electron chi connectivity index (χ4n) is 4.49. The summed E-state index contributed by atoms with van der Waals surface area (Å²) in [4.78, 5) is 29.2. The van der Waals surface area contributed by atoms with Gasteiger partial charge in [0.15, 0.2) is 0 Å². The minimum atomic E-state index is -1.15. The lowest BCUT2D eigenvalue weighted by Gasteiger charge is -2.31. The second kappa shape index (κ2) is 8.85. The van der Waals surface area contributed by atoms with Gasteiger partial charge in [0.25, 0.3) is 0 Å².